The van der Waals surface area contributed by atoms with Crippen LogP contribution in [0.15, 0.2) is 17.7 Å². The SMILES string of the molecule is CC(C)(C)c1cc(C=C2CCN(CCO)C2=O)cc(C(C)(C)C)c1O. The Balaban J connectivity index is 2.52. The van der Waals surface area contributed by atoms with Crippen LogP contribution in [0.3, 0.4) is 0 Å². The molecule has 0 unspecified atom stereocenters. The first kappa shape index (κ1) is 19.5. The average Bonchev–Trinajstić information content (AvgIpc) is 2.80. The van der Waals surface area contributed by atoms with E-state index in [0.717, 1.165) is 22.3 Å². The number of phenols is 1. The van der Waals surface area contributed by atoms with E-state index in [0.29, 0.717) is 25.3 Å². The van der Waals surface area contributed by atoms with Gasteiger partial charge in [-0.1, -0.05) is 41.5 Å². The van der Waals surface area contributed by atoms with E-state index in [4.69, 9.17) is 5.11 Å². The van der Waals surface area contributed by atoms with Gasteiger partial charge in [0.25, 0.3) is 0 Å². The fourth-order valence-corrected chi connectivity index (χ4v) is 3.22. The van der Waals surface area contributed by atoms with Gasteiger partial charge in [0, 0.05) is 29.8 Å². The summed E-state index contributed by atoms with van der Waals surface area (Å²) in [5.41, 5.74) is 3.11. The highest BCUT2D eigenvalue weighted by Gasteiger charge is 2.28. The Kier molecular flexibility index (Phi) is 5.33. The largest absolute Gasteiger partial charge is 0.507 e. The number of aliphatic hydroxyl groups excluding tert-OH is 1. The van der Waals surface area contributed by atoms with Gasteiger partial charge in [0.2, 0.25) is 5.91 Å². The summed E-state index contributed by atoms with van der Waals surface area (Å²) in [6, 6.07) is 3.97. The van der Waals surface area contributed by atoms with Gasteiger partial charge in [0.15, 0.2) is 0 Å². The number of hydrogen-bond acceptors (Lipinski definition) is 3. The van der Waals surface area contributed by atoms with Crippen molar-refractivity contribution in [2.45, 2.75) is 58.8 Å². The molecule has 0 atom stereocenters. The van der Waals surface area contributed by atoms with Crippen LogP contribution < -0.4 is 0 Å². The molecule has 1 heterocycles. The van der Waals surface area contributed by atoms with Crippen molar-refractivity contribution < 1.29 is 15.0 Å². The third-order valence-electron chi connectivity index (χ3n) is 4.67. The van der Waals surface area contributed by atoms with Crippen molar-refractivity contribution in [3.8, 4) is 5.75 Å². The lowest BCUT2D eigenvalue weighted by Gasteiger charge is -2.28. The van der Waals surface area contributed by atoms with Crippen molar-refractivity contribution in [2.75, 3.05) is 19.7 Å². The Morgan fingerprint density at radius 2 is 1.60 bits per heavy atom. The number of carbonyl (C=O) groups is 1. The van der Waals surface area contributed by atoms with Gasteiger partial charge < -0.3 is 15.1 Å². The summed E-state index contributed by atoms with van der Waals surface area (Å²) in [4.78, 5) is 14.1. The zero-order valence-corrected chi connectivity index (χ0v) is 16.3. The molecule has 25 heavy (non-hydrogen) atoms. The van der Waals surface area contributed by atoms with Crippen molar-refractivity contribution in [1.82, 2.24) is 4.90 Å². The van der Waals surface area contributed by atoms with Crippen molar-refractivity contribution in [2.24, 2.45) is 0 Å². The molecular weight excluding hydrogens is 314 g/mol. The zero-order valence-electron chi connectivity index (χ0n) is 16.3. The van der Waals surface area contributed by atoms with Crippen molar-refractivity contribution in [3.63, 3.8) is 0 Å². The monoisotopic (exact) mass is 345 g/mol. The van der Waals surface area contributed by atoms with E-state index in [2.05, 4.69) is 41.5 Å². The van der Waals surface area contributed by atoms with Crippen LogP contribution in [0.5, 0.6) is 5.75 Å². The van der Waals surface area contributed by atoms with E-state index < -0.39 is 0 Å². The fraction of sp³-hybridized carbons (Fsp3) is 0.571. The zero-order chi connectivity index (χ0) is 19.0. The lowest BCUT2D eigenvalue weighted by atomic mass is 9.78. The van der Waals surface area contributed by atoms with Crippen LogP contribution in [0.4, 0.5) is 0 Å². The van der Waals surface area contributed by atoms with Crippen LogP contribution in [0.2, 0.25) is 0 Å². The summed E-state index contributed by atoms with van der Waals surface area (Å²) in [6.45, 7) is 13.5. The predicted molar refractivity (Wildman–Crippen MR) is 102 cm³/mol. The molecule has 1 fully saturated rings. The first-order valence-electron chi connectivity index (χ1n) is 8.94. The number of aromatic hydroxyl groups is 1. The van der Waals surface area contributed by atoms with Crippen LogP contribution >= 0.6 is 0 Å². The van der Waals surface area contributed by atoms with E-state index in [9.17, 15) is 9.90 Å². The molecule has 0 spiro atoms. The molecule has 0 radical (unpaired) electrons. The average molecular weight is 345 g/mol. The van der Waals surface area contributed by atoms with E-state index in [1.54, 1.807) is 4.90 Å². The number of benzene rings is 1. The molecule has 2 rings (SSSR count). The summed E-state index contributed by atoms with van der Waals surface area (Å²) in [6.07, 6.45) is 2.62. The van der Waals surface area contributed by atoms with Crippen LogP contribution in [0.1, 0.15) is 64.7 Å². The minimum absolute atomic E-state index is 0.00302. The molecule has 0 saturated carbocycles. The van der Waals surface area contributed by atoms with Crippen molar-refractivity contribution >= 4 is 12.0 Å². The van der Waals surface area contributed by atoms with Gasteiger partial charge in [-0.05, 0) is 41.0 Å². The van der Waals surface area contributed by atoms with E-state index in [-0.39, 0.29) is 23.3 Å². The fourth-order valence-electron chi connectivity index (χ4n) is 3.22. The maximum absolute atomic E-state index is 12.4. The van der Waals surface area contributed by atoms with Gasteiger partial charge >= 0.3 is 0 Å². The van der Waals surface area contributed by atoms with Gasteiger partial charge in [-0.15, -0.1) is 0 Å². The number of β-amino-alcohol motifs (C(OH)–C–C–N with tert-alkyl or cyclic N) is 1. The second-order valence-electron chi connectivity index (χ2n) is 8.90. The number of hydrogen-bond donors (Lipinski definition) is 2. The van der Waals surface area contributed by atoms with E-state index in [1.165, 1.54) is 0 Å². The third kappa shape index (κ3) is 4.24. The minimum atomic E-state index is -0.193. The van der Waals surface area contributed by atoms with E-state index in [1.807, 2.05) is 18.2 Å². The summed E-state index contributed by atoms with van der Waals surface area (Å²) in [5, 5.41) is 19.8. The number of phenolic OH excluding ortho intramolecular Hbond substituents is 1. The predicted octanol–water partition coefficient (Wildman–Crippen LogP) is 3.60. The number of amides is 1. The van der Waals surface area contributed by atoms with Crippen LogP contribution in [-0.4, -0.2) is 40.7 Å². The topological polar surface area (TPSA) is 60.8 Å². The number of aliphatic hydroxyl groups is 1. The number of likely N-dealkylation sites (tertiary alicyclic amines) is 1. The Morgan fingerprint density at radius 3 is 2.04 bits per heavy atom. The van der Waals surface area contributed by atoms with Crippen molar-refractivity contribution in [1.29, 1.82) is 0 Å². The molecule has 0 aromatic heterocycles. The second kappa shape index (κ2) is 6.83. The lowest BCUT2D eigenvalue weighted by Crippen LogP contribution is -2.28. The number of rotatable bonds is 3. The molecule has 4 heteroatoms. The number of nitrogens with zero attached hydrogens (tertiary/aromatic N) is 1. The van der Waals surface area contributed by atoms with Gasteiger partial charge in [0.05, 0.1) is 6.61 Å². The molecule has 0 aliphatic carbocycles. The molecule has 1 aliphatic heterocycles. The van der Waals surface area contributed by atoms with Gasteiger partial charge in [0.1, 0.15) is 5.75 Å². The maximum Gasteiger partial charge on any atom is 0.249 e. The van der Waals surface area contributed by atoms with Crippen LogP contribution in [0, 0.1) is 0 Å². The smallest absolute Gasteiger partial charge is 0.249 e. The first-order chi connectivity index (χ1) is 11.4. The van der Waals surface area contributed by atoms with Gasteiger partial charge in [-0.2, -0.15) is 0 Å². The molecule has 1 aromatic rings. The van der Waals surface area contributed by atoms with E-state index >= 15 is 0 Å². The molecule has 138 valence electrons. The highest BCUT2D eigenvalue weighted by atomic mass is 16.3. The summed E-state index contributed by atoms with van der Waals surface area (Å²) >= 11 is 0. The first-order valence-corrected chi connectivity index (χ1v) is 8.94. The molecule has 1 saturated heterocycles. The minimum Gasteiger partial charge on any atom is -0.507 e. The van der Waals surface area contributed by atoms with Gasteiger partial charge in [-0.25, -0.2) is 0 Å². The molecule has 2 N–H and O–H groups in total. The maximum atomic E-state index is 12.4. The van der Waals surface area contributed by atoms with Crippen LogP contribution in [-0.2, 0) is 15.6 Å². The Labute approximate surface area is 151 Å². The van der Waals surface area contributed by atoms with Crippen molar-refractivity contribution in [3.05, 3.63) is 34.4 Å². The molecular formula is C21H31NO3. The highest BCUT2D eigenvalue weighted by molar-refractivity contribution is 6.00. The molecule has 1 aliphatic rings. The molecule has 0 bridgehead atoms. The highest BCUT2D eigenvalue weighted by Crippen LogP contribution is 2.40. The standard InChI is InChI=1S/C21H31NO3/c1-20(2,3)16-12-14(13-17(18(16)24)21(4,5)6)11-15-7-8-22(9-10-23)19(15)25/h11-13,23-24H,7-10H2,1-6H3. The molecule has 1 amide bonds. The summed E-state index contributed by atoms with van der Waals surface area (Å²) in [7, 11) is 0. The quantitative estimate of drug-likeness (QED) is 0.823. The van der Waals surface area contributed by atoms with Crippen LogP contribution in [0.25, 0.3) is 6.08 Å². The second-order valence-corrected chi connectivity index (χ2v) is 8.90. The summed E-state index contributed by atoms with van der Waals surface area (Å²) in [5.74, 6) is 0.346. The normalized spacial score (nSPS) is 17.6. The van der Waals surface area contributed by atoms with Gasteiger partial charge in [-0.3, -0.25) is 4.79 Å². The molecule has 1 aromatic carbocycles. The Bertz CT molecular complexity index is 655. The molecule has 4 nitrogen and oxygen atoms in total. The number of carbonyl (C=O) groups excluding carboxylic acids is 1. The Morgan fingerprint density at radius 1 is 1.08 bits per heavy atom. The third-order valence-corrected chi connectivity index (χ3v) is 4.67. The Hall–Kier alpha value is -1.81. The lowest BCUT2D eigenvalue weighted by molar-refractivity contribution is -0.125. The summed E-state index contributed by atoms with van der Waals surface area (Å²) < 4.78 is 0.